The van der Waals surface area contributed by atoms with Crippen molar-refractivity contribution < 1.29 is 18.6 Å². The topological polar surface area (TPSA) is 51.2 Å². The average molecular weight is 529 g/mol. The molecule has 0 aliphatic carbocycles. The Hall–Kier alpha value is -3.73. The molecule has 0 unspecified atom stereocenters. The minimum atomic E-state index is -3.28. The number of methoxy groups -OCH3 is 2. The molecule has 0 N–H and O–H groups in total. The molecule has 1 aliphatic rings. The average Bonchev–Trinajstić information content (AvgIpc) is 2.99. The normalized spacial score (nSPS) is 14.2. The van der Waals surface area contributed by atoms with E-state index in [1.54, 1.807) is 14.2 Å². The molecule has 4 aromatic carbocycles. The minimum Gasteiger partial charge on any atom is -0.493 e. The molecule has 5 rings (SSSR count). The molecule has 4 aromatic rings. The summed E-state index contributed by atoms with van der Waals surface area (Å²) < 4.78 is 31.2. The van der Waals surface area contributed by atoms with Gasteiger partial charge in [0.1, 0.15) is 5.75 Å². The second-order valence-corrected chi connectivity index (χ2v) is 11.6. The van der Waals surface area contributed by atoms with Crippen molar-refractivity contribution in [3.63, 3.8) is 0 Å². The molecule has 1 saturated heterocycles. The lowest BCUT2D eigenvalue weighted by atomic mass is 10.1. The van der Waals surface area contributed by atoms with Crippen LogP contribution in [0.15, 0.2) is 103 Å². The highest BCUT2D eigenvalue weighted by Crippen LogP contribution is 2.45. The first-order chi connectivity index (χ1) is 18.6. The summed E-state index contributed by atoms with van der Waals surface area (Å²) in [5.74, 6) is 2.10. The van der Waals surface area contributed by atoms with Gasteiger partial charge in [0.2, 0.25) is 0 Å². The number of rotatable bonds is 9. The van der Waals surface area contributed by atoms with Crippen molar-refractivity contribution in [2.24, 2.45) is 0 Å². The molecule has 0 amide bonds. The van der Waals surface area contributed by atoms with Crippen LogP contribution in [0.2, 0.25) is 0 Å². The third-order valence-electron chi connectivity index (χ3n) is 6.85. The van der Waals surface area contributed by atoms with Gasteiger partial charge in [0.25, 0.3) is 0 Å². The molecule has 0 saturated carbocycles. The Balaban J connectivity index is 1.23. The van der Waals surface area contributed by atoms with Gasteiger partial charge in [0, 0.05) is 38.4 Å². The van der Waals surface area contributed by atoms with E-state index in [0.717, 1.165) is 49.9 Å². The maximum absolute atomic E-state index is 14.2. The zero-order chi connectivity index (χ0) is 26.4. The molecule has 1 heterocycles. The van der Waals surface area contributed by atoms with Crippen molar-refractivity contribution in [1.82, 2.24) is 4.90 Å². The van der Waals surface area contributed by atoms with Gasteiger partial charge in [-0.1, -0.05) is 42.5 Å². The third kappa shape index (κ3) is 5.72. The molecule has 7 heteroatoms. The molecular formula is C31H33N2O4P. The molecule has 0 bridgehead atoms. The van der Waals surface area contributed by atoms with Gasteiger partial charge in [0.05, 0.1) is 24.8 Å². The van der Waals surface area contributed by atoms with Crippen molar-refractivity contribution in [2.75, 3.05) is 45.3 Å². The Morgan fingerprint density at radius 3 is 1.82 bits per heavy atom. The quantitative estimate of drug-likeness (QED) is 0.274. The number of piperazine rings is 1. The summed E-state index contributed by atoms with van der Waals surface area (Å²) in [6.07, 6.45) is 0. The Bertz CT molecular complexity index is 1330. The van der Waals surface area contributed by atoms with Crippen molar-refractivity contribution >= 4 is 23.7 Å². The van der Waals surface area contributed by atoms with Crippen molar-refractivity contribution in [1.29, 1.82) is 0 Å². The largest absolute Gasteiger partial charge is 0.493 e. The SMILES string of the molecule is COc1ccc(CN2CCN(c3ccc(OP(=O)(c4ccccc4)c4ccccc4)cc3)CC2)cc1OC. The van der Waals surface area contributed by atoms with Crippen LogP contribution in [-0.4, -0.2) is 45.3 Å². The molecule has 0 radical (unpaired) electrons. The fourth-order valence-corrected chi connectivity index (χ4v) is 6.83. The van der Waals surface area contributed by atoms with Crippen LogP contribution in [0.1, 0.15) is 5.56 Å². The van der Waals surface area contributed by atoms with Crippen LogP contribution in [0.25, 0.3) is 0 Å². The van der Waals surface area contributed by atoms with E-state index in [9.17, 15) is 4.57 Å². The summed E-state index contributed by atoms with van der Waals surface area (Å²) in [6, 6.07) is 32.9. The highest BCUT2D eigenvalue weighted by atomic mass is 31.2. The highest BCUT2D eigenvalue weighted by molar-refractivity contribution is 7.74. The molecule has 196 valence electrons. The van der Waals surface area contributed by atoms with Gasteiger partial charge in [-0.15, -0.1) is 0 Å². The zero-order valence-electron chi connectivity index (χ0n) is 21.8. The number of nitrogens with zero attached hydrogens (tertiary/aromatic N) is 2. The molecule has 1 fully saturated rings. The van der Waals surface area contributed by atoms with E-state index in [-0.39, 0.29) is 0 Å². The van der Waals surface area contributed by atoms with E-state index in [0.29, 0.717) is 16.4 Å². The Labute approximate surface area is 224 Å². The summed E-state index contributed by atoms with van der Waals surface area (Å²) in [6.45, 7) is 4.66. The summed E-state index contributed by atoms with van der Waals surface area (Å²) in [5, 5.41) is 1.36. The molecule has 0 atom stereocenters. The first-order valence-corrected chi connectivity index (χ1v) is 14.4. The van der Waals surface area contributed by atoms with Crippen LogP contribution in [0.4, 0.5) is 5.69 Å². The van der Waals surface area contributed by atoms with Gasteiger partial charge in [-0.05, 0) is 66.2 Å². The number of hydrogen-bond donors (Lipinski definition) is 0. The summed E-state index contributed by atoms with van der Waals surface area (Å²) >= 11 is 0. The fraction of sp³-hybridized carbons (Fsp3) is 0.226. The smallest absolute Gasteiger partial charge is 0.306 e. The van der Waals surface area contributed by atoms with Crippen molar-refractivity contribution in [3.8, 4) is 17.2 Å². The number of hydrogen-bond acceptors (Lipinski definition) is 6. The van der Waals surface area contributed by atoms with Gasteiger partial charge in [-0.25, -0.2) is 0 Å². The summed E-state index contributed by atoms with van der Waals surface area (Å²) in [5.41, 5.74) is 2.34. The summed E-state index contributed by atoms with van der Waals surface area (Å²) in [7, 11) is 0.0355. The molecular weight excluding hydrogens is 495 g/mol. The maximum atomic E-state index is 14.2. The van der Waals surface area contributed by atoms with E-state index >= 15 is 0 Å². The second-order valence-electron chi connectivity index (χ2n) is 9.26. The lowest BCUT2D eigenvalue weighted by molar-refractivity contribution is 0.249. The first kappa shape index (κ1) is 25.9. The molecule has 6 nitrogen and oxygen atoms in total. The van der Waals surface area contributed by atoms with Crippen LogP contribution in [0.3, 0.4) is 0 Å². The van der Waals surface area contributed by atoms with Crippen LogP contribution < -0.4 is 29.5 Å². The standard InChI is InChI=1S/C31H33N2O4P/c1-35-30-18-13-25(23-31(30)36-2)24-32-19-21-33(22-20-32)26-14-16-27(17-15-26)37-38(34,28-9-5-3-6-10-28)29-11-7-4-8-12-29/h3-18,23H,19-22,24H2,1-2H3. The Morgan fingerprint density at radius 2 is 1.26 bits per heavy atom. The molecule has 0 aromatic heterocycles. The van der Waals surface area contributed by atoms with Crippen LogP contribution >= 0.6 is 7.37 Å². The maximum Gasteiger partial charge on any atom is 0.306 e. The number of anilines is 1. The van der Waals surface area contributed by atoms with Gasteiger partial charge < -0.3 is 18.9 Å². The zero-order valence-corrected chi connectivity index (χ0v) is 22.7. The third-order valence-corrected chi connectivity index (χ3v) is 9.28. The molecule has 0 spiro atoms. The number of benzene rings is 4. The first-order valence-electron chi connectivity index (χ1n) is 12.8. The van der Waals surface area contributed by atoms with Crippen molar-refractivity contribution in [3.05, 3.63) is 109 Å². The Kier molecular flexibility index (Phi) is 8.02. The lowest BCUT2D eigenvalue weighted by Gasteiger charge is -2.36. The predicted molar refractivity (Wildman–Crippen MR) is 154 cm³/mol. The molecule has 38 heavy (non-hydrogen) atoms. The minimum absolute atomic E-state index is 0.594. The van der Waals surface area contributed by atoms with Gasteiger partial charge >= 0.3 is 7.37 Å². The second kappa shape index (κ2) is 11.8. The Morgan fingerprint density at radius 1 is 0.684 bits per heavy atom. The monoisotopic (exact) mass is 528 g/mol. The van der Waals surface area contributed by atoms with E-state index in [4.69, 9.17) is 14.0 Å². The number of ether oxygens (including phenoxy) is 2. The summed E-state index contributed by atoms with van der Waals surface area (Å²) in [4.78, 5) is 4.83. The van der Waals surface area contributed by atoms with E-state index in [1.165, 1.54) is 5.56 Å². The molecule has 1 aliphatic heterocycles. The van der Waals surface area contributed by atoms with Gasteiger partial charge in [-0.3, -0.25) is 9.46 Å². The lowest BCUT2D eigenvalue weighted by Crippen LogP contribution is -2.45. The van der Waals surface area contributed by atoms with Gasteiger partial charge in [-0.2, -0.15) is 0 Å². The predicted octanol–water partition coefficient (Wildman–Crippen LogP) is 5.33. The van der Waals surface area contributed by atoms with Crippen molar-refractivity contribution in [2.45, 2.75) is 6.54 Å². The van der Waals surface area contributed by atoms with E-state index < -0.39 is 7.37 Å². The van der Waals surface area contributed by atoms with Gasteiger partial charge in [0.15, 0.2) is 11.5 Å². The fourth-order valence-electron chi connectivity index (χ4n) is 4.77. The van der Waals surface area contributed by atoms with E-state index in [2.05, 4.69) is 28.0 Å². The van der Waals surface area contributed by atoms with E-state index in [1.807, 2.05) is 84.9 Å². The van der Waals surface area contributed by atoms with Crippen LogP contribution in [-0.2, 0) is 11.1 Å². The highest BCUT2D eigenvalue weighted by Gasteiger charge is 2.30. The van der Waals surface area contributed by atoms with Crippen LogP contribution in [0.5, 0.6) is 17.2 Å². The van der Waals surface area contributed by atoms with Crippen LogP contribution in [0, 0.1) is 0 Å².